The van der Waals surface area contributed by atoms with Gasteiger partial charge in [0.05, 0.1) is 18.4 Å². The van der Waals surface area contributed by atoms with E-state index < -0.39 is 6.10 Å². The average molecular weight is 413 g/mol. The van der Waals surface area contributed by atoms with E-state index >= 15 is 0 Å². The van der Waals surface area contributed by atoms with Crippen molar-refractivity contribution in [3.05, 3.63) is 82.4 Å². The van der Waals surface area contributed by atoms with Gasteiger partial charge in [0, 0.05) is 9.90 Å². The van der Waals surface area contributed by atoms with Gasteiger partial charge < -0.3 is 9.84 Å². The lowest BCUT2D eigenvalue weighted by atomic mass is 10.2. The van der Waals surface area contributed by atoms with Crippen molar-refractivity contribution >= 4 is 33.2 Å². The number of fused-ring (bicyclic) bond motifs is 1. The zero-order chi connectivity index (χ0) is 19.5. The molecule has 4 aromatic rings. The molecule has 2 aromatic heterocycles. The highest BCUT2D eigenvalue weighted by molar-refractivity contribution is 7.22. The molecule has 2 heterocycles. The third kappa shape index (κ3) is 4.09. The first-order valence-electron chi connectivity index (χ1n) is 8.71. The average Bonchev–Trinajstić information content (AvgIpc) is 3.15. The largest absolute Gasteiger partial charge is 0.491 e. The molecule has 0 aliphatic rings. The summed E-state index contributed by atoms with van der Waals surface area (Å²) in [5.41, 5.74) is 1.45. The minimum Gasteiger partial charge on any atom is -0.491 e. The van der Waals surface area contributed by atoms with Crippen LogP contribution >= 0.6 is 22.9 Å². The first-order chi connectivity index (χ1) is 13.6. The number of hydrogen-bond donors (Lipinski definition) is 1. The van der Waals surface area contributed by atoms with Crippen molar-refractivity contribution in [2.75, 3.05) is 6.61 Å². The van der Waals surface area contributed by atoms with Crippen LogP contribution in [0.2, 0.25) is 5.02 Å². The van der Waals surface area contributed by atoms with E-state index in [0.717, 1.165) is 10.4 Å². The third-order valence-corrected chi connectivity index (χ3v) is 5.64. The van der Waals surface area contributed by atoms with Crippen molar-refractivity contribution in [3.63, 3.8) is 0 Å². The van der Waals surface area contributed by atoms with Gasteiger partial charge in [0.1, 0.15) is 23.2 Å². The molecule has 0 amide bonds. The molecule has 1 unspecified atom stereocenters. The van der Waals surface area contributed by atoms with E-state index in [1.807, 2.05) is 60.7 Å². The van der Waals surface area contributed by atoms with E-state index in [0.29, 0.717) is 21.0 Å². The van der Waals surface area contributed by atoms with Crippen LogP contribution < -0.4 is 10.3 Å². The van der Waals surface area contributed by atoms with Gasteiger partial charge in [0.15, 0.2) is 0 Å². The number of hydrogen-bond acceptors (Lipinski definition) is 5. The van der Waals surface area contributed by atoms with Gasteiger partial charge in [-0.15, -0.1) is 11.3 Å². The summed E-state index contributed by atoms with van der Waals surface area (Å²) in [6.45, 7) is 0.206. The number of thiophene rings is 1. The number of benzene rings is 2. The molecule has 5 nitrogen and oxygen atoms in total. The third-order valence-electron chi connectivity index (χ3n) is 4.23. The van der Waals surface area contributed by atoms with Crippen molar-refractivity contribution in [2.45, 2.75) is 12.6 Å². The molecule has 0 aliphatic carbocycles. The first-order valence-corrected chi connectivity index (χ1v) is 9.90. The minimum absolute atomic E-state index is 0.0922. The van der Waals surface area contributed by atoms with Gasteiger partial charge in [0.2, 0.25) is 0 Å². The van der Waals surface area contributed by atoms with Gasteiger partial charge >= 0.3 is 0 Å². The maximum absolute atomic E-state index is 12.8. The number of para-hydroxylation sites is 1. The number of rotatable bonds is 6. The molecular weight excluding hydrogens is 396 g/mol. The molecule has 1 N–H and O–H groups in total. The monoisotopic (exact) mass is 412 g/mol. The Kier molecular flexibility index (Phi) is 5.43. The molecule has 2 aromatic carbocycles. The molecular formula is C21H17ClN2O3S. The second kappa shape index (κ2) is 8.14. The normalized spacial score (nSPS) is 12.2. The molecule has 0 bridgehead atoms. The van der Waals surface area contributed by atoms with Gasteiger partial charge in [-0.3, -0.25) is 9.36 Å². The minimum atomic E-state index is -0.826. The topological polar surface area (TPSA) is 64.4 Å². The second-order valence-electron chi connectivity index (χ2n) is 6.31. The van der Waals surface area contributed by atoms with Gasteiger partial charge in [-0.25, -0.2) is 4.98 Å². The second-order valence-corrected chi connectivity index (χ2v) is 7.80. The van der Waals surface area contributed by atoms with Gasteiger partial charge in [-0.05, 0) is 35.9 Å². The summed E-state index contributed by atoms with van der Waals surface area (Å²) in [6.07, 6.45) is 0.641. The predicted molar refractivity (Wildman–Crippen MR) is 112 cm³/mol. The van der Waals surface area contributed by atoms with E-state index in [1.165, 1.54) is 22.2 Å². The van der Waals surface area contributed by atoms with Crippen LogP contribution in [0.5, 0.6) is 5.75 Å². The number of aliphatic hydroxyl groups excluding tert-OH is 1. The molecule has 0 saturated heterocycles. The van der Waals surface area contributed by atoms with Crippen LogP contribution in [0.4, 0.5) is 0 Å². The maximum Gasteiger partial charge on any atom is 0.271 e. The van der Waals surface area contributed by atoms with E-state index in [2.05, 4.69) is 4.98 Å². The van der Waals surface area contributed by atoms with E-state index in [4.69, 9.17) is 16.3 Å². The molecule has 0 spiro atoms. The van der Waals surface area contributed by atoms with Crippen molar-refractivity contribution < 1.29 is 9.84 Å². The zero-order valence-electron chi connectivity index (χ0n) is 14.8. The lowest BCUT2D eigenvalue weighted by Crippen LogP contribution is -2.30. The van der Waals surface area contributed by atoms with Gasteiger partial charge in [-0.1, -0.05) is 41.9 Å². The Balaban J connectivity index is 1.52. The van der Waals surface area contributed by atoms with Crippen LogP contribution in [0.15, 0.2) is 71.8 Å². The van der Waals surface area contributed by atoms with Crippen LogP contribution in [-0.2, 0) is 6.54 Å². The fourth-order valence-electron chi connectivity index (χ4n) is 2.82. The summed E-state index contributed by atoms with van der Waals surface area (Å²) >= 11 is 7.32. The molecule has 0 aliphatic heterocycles. The summed E-state index contributed by atoms with van der Waals surface area (Å²) in [7, 11) is 0. The van der Waals surface area contributed by atoms with Crippen molar-refractivity contribution in [2.24, 2.45) is 0 Å². The highest BCUT2D eigenvalue weighted by atomic mass is 35.5. The molecule has 4 rings (SSSR count). The van der Waals surface area contributed by atoms with Crippen molar-refractivity contribution in [3.8, 4) is 16.2 Å². The summed E-state index contributed by atoms with van der Waals surface area (Å²) < 4.78 is 7.52. The number of aliphatic hydroxyl groups is 1. The van der Waals surface area contributed by atoms with E-state index in [1.54, 1.807) is 0 Å². The highest BCUT2D eigenvalue weighted by Gasteiger charge is 2.13. The SMILES string of the molecule is O=c1c2sc(-c3ccc(Cl)cc3)cc2ncn1CC(O)COc1ccccc1. The fraction of sp³-hybridized carbons (Fsp3) is 0.143. The molecule has 0 fully saturated rings. The van der Waals surface area contributed by atoms with Crippen LogP contribution in [0.25, 0.3) is 20.7 Å². The summed E-state index contributed by atoms with van der Waals surface area (Å²) in [5.74, 6) is 0.674. The quantitative estimate of drug-likeness (QED) is 0.515. The Bertz CT molecular complexity index is 1140. The Labute approximate surface area is 170 Å². The van der Waals surface area contributed by atoms with Gasteiger partial charge in [-0.2, -0.15) is 0 Å². The Morgan fingerprint density at radius 3 is 2.64 bits per heavy atom. The molecule has 0 radical (unpaired) electrons. The fourth-order valence-corrected chi connectivity index (χ4v) is 4.01. The summed E-state index contributed by atoms with van der Waals surface area (Å²) in [4.78, 5) is 18.1. The molecule has 0 saturated carbocycles. The summed E-state index contributed by atoms with van der Waals surface area (Å²) in [5, 5.41) is 10.9. The summed E-state index contributed by atoms with van der Waals surface area (Å²) in [6, 6.07) is 18.6. The van der Waals surface area contributed by atoms with E-state index in [9.17, 15) is 9.90 Å². The number of ether oxygens (including phenoxy) is 1. The van der Waals surface area contributed by atoms with Crippen molar-refractivity contribution in [1.82, 2.24) is 9.55 Å². The predicted octanol–water partition coefficient (Wildman–Crippen LogP) is 4.22. The number of aromatic nitrogens is 2. The maximum atomic E-state index is 12.8. The van der Waals surface area contributed by atoms with Crippen LogP contribution in [-0.4, -0.2) is 27.4 Å². The standard InChI is InChI=1S/C21H17ClN2O3S/c22-15-8-6-14(7-9-15)19-10-18-20(28-19)21(26)24(13-23-18)11-16(25)12-27-17-4-2-1-3-5-17/h1-10,13,16,25H,11-12H2. The Hall–Kier alpha value is -2.67. The molecule has 142 valence electrons. The van der Waals surface area contributed by atoms with Crippen molar-refractivity contribution in [1.29, 1.82) is 0 Å². The number of nitrogens with zero attached hydrogens (tertiary/aromatic N) is 2. The molecule has 7 heteroatoms. The van der Waals surface area contributed by atoms with Gasteiger partial charge in [0.25, 0.3) is 5.56 Å². The smallest absolute Gasteiger partial charge is 0.271 e. The molecule has 28 heavy (non-hydrogen) atoms. The lowest BCUT2D eigenvalue weighted by Gasteiger charge is -2.13. The Morgan fingerprint density at radius 1 is 1.14 bits per heavy atom. The number of halogens is 1. The highest BCUT2D eigenvalue weighted by Crippen LogP contribution is 2.31. The van der Waals surface area contributed by atoms with Crippen LogP contribution in [0.1, 0.15) is 0 Å². The lowest BCUT2D eigenvalue weighted by molar-refractivity contribution is 0.0915. The van der Waals surface area contributed by atoms with E-state index in [-0.39, 0.29) is 18.7 Å². The molecule has 1 atom stereocenters. The zero-order valence-corrected chi connectivity index (χ0v) is 16.4. The Morgan fingerprint density at radius 2 is 1.89 bits per heavy atom. The van der Waals surface area contributed by atoms with Crippen LogP contribution in [0.3, 0.4) is 0 Å². The van der Waals surface area contributed by atoms with Crippen LogP contribution in [0, 0.1) is 0 Å². The first kappa shape index (κ1) is 18.7.